The minimum absolute atomic E-state index is 0.251. The molecule has 8 nitrogen and oxygen atoms in total. The number of rotatable bonds is 8. The number of nitrogens with one attached hydrogen (secondary N) is 2. The molecular weight excluding hydrogens is 412 g/mol. The molecule has 0 spiro atoms. The van der Waals surface area contributed by atoms with Gasteiger partial charge in [0, 0.05) is 43.2 Å². The van der Waals surface area contributed by atoms with Gasteiger partial charge in [-0.25, -0.2) is 9.97 Å². The molecule has 31 heavy (non-hydrogen) atoms. The molecule has 1 saturated heterocycles. The van der Waals surface area contributed by atoms with E-state index < -0.39 is 0 Å². The van der Waals surface area contributed by atoms with E-state index in [9.17, 15) is 4.79 Å². The van der Waals surface area contributed by atoms with Gasteiger partial charge in [-0.2, -0.15) is 0 Å². The molecule has 162 valence electrons. The van der Waals surface area contributed by atoms with Gasteiger partial charge in [0.1, 0.15) is 10.8 Å². The van der Waals surface area contributed by atoms with E-state index in [-0.39, 0.29) is 5.91 Å². The summed E-state index contributed by atoms with van der Waals surface area (Å²) in [6.07, 6.45) is 4.18. The predicted octanol–water partition coefficient (Wildman–Crippen LogP) is 2.83. The van der Waals surface area contributed by atoms with Gasteiger partial charge in [-0.3, -0.25) is 4.79 Å². The number of thioether (sulfide) groups is 1. The molecule has 1 fully saturated rings. The summed E-state index contributed by atoms with van der Waals surface area (Å²) < 4.78 is 5.30. The van der Waals surface area contributed by atoms with E-state index in [0.717, 1.165) is 48.0 Å². The molecule has 0 atom stereocenters. The first-order chi connectivity index (χ1) is 15.1. The van der Waals surface area contributed by atoms with Crippen LogP contribution in [0, 0.1) is 0 Å². The first kappa shape index (κ1) is 21.0. The van der Waals surface area contributed by atoms with Crippen LogP contribution in [0.15, 0.2) is 47.0 Å². The normalized spacial score (nSPS) is 17.4. The van der Waals surface area contributed by atoms with E-state index >= 15 is 0 Å². The van der Waals surface area contributed by atoms with Crippen molar-refractivity contribution in [3.8, 4) is 5.75 Å². The predicted molar refractivity (Wildman–Crippen MR) is 124 cm³/mol. The van der Waals surface area contributed by atoms with Crippen molar-refractivity contribution in [2.75, 3.05) is 32.1 Å². The molecule has 0 bridgehead atoms. The van der Waals surface area contributed by atoms with Crippen molar-refractivity contribution in [2.45, 2.75) is 19.3 Å². The Bertz CT molecular complexity index is 1020. The Morgan fingerprint density at radius 1 is 1.39 bits per heavy atom. The topological polar surface area (TPSA) is 105 Å². The number of hydrogen-bond acceptors (Lipinski definition) is 8. The second-order valence-corrected chi connectivity index (χ2v) is 8.16. The van der Waals surface area contributed by atoms with Crippen LogP contribution in [0.4, 0.5) is 5.95 Å². The highest BCUT2D eigenvalue weighted by atomic mass is 32.2. The third-order valence-corrected chi connectivity index (χ3v) is 6.07. The van der Waals surface area contributed by atoms with E-state index in [1.54, 1.807) is 19.4 Å². The smallest absolute Gasteiger partial charge is 0.223 e. The molecule has 2 aliphatic heterocycles. The molecule has 0 radical (unpaired) electrons. The van der Waals surface area contributed by atoms with Crippen molar-refractivity contribution < 1.29 is 9.53 Å². The summed E-state index contributed by atoms with van der Waals surface area (Å²) in [5.74, 6) is 1.58. The molecule has 2 aromatic rings. The average molecular weight is 439 g/mol. The molecule has 1 amide bonds. The van der Waals surface area contributed by atoms with E-state index in [4.69, 9.17) is 10.5 Å². The number of ether oxygens (including phenoxy) is 1. The molecule has 1 aromatic heterocycles. The number of hydrogen-bond donors (Lipinski definition) is 3. The molecule has 0 aliphatic carbocycles. The van der Waals surface area contributed by atoms with Crippen molar-refractivity contribution in [3.05, 3.63) is 58.2 Å². The van der Waals surface area contributed by atoms with Crippen LogP contribution in [-0.2, 0) is 4.79 Å². The van der Waals surface area contributed by atoms with Crippen molar-refractivity contribution in [2.24, 2.45) is 5.73 Å². The van der Waals surface area contributed by atoms with Gasteiger partial charge in [-0.15, -0.1) is 0 Å². The summed E-state index contributed by atoms with van der Waals surface area (Å²) in [5, 5.41) is 9.45. The molecule has 9 heteroatoms. The van der Waals surface area contributed by atoms with E-state index in [1.807, 2.05) is 34.6 Å². The number of likely N-dealkylation sites (tertiary alicyclic amines) is 1. The number of nitrogens with zero attached hydrogens (tertiary/aromatic N) is 3. The third-order valence-electron chi connectivity index (χ3n) is 5.16. The third kappa shape index (κ3) is 5.11. The molecule has 0 unspecified atom stereocenters. The lowest BCUT2D eigenvalue weighted by molar-refractivity contribution is -0.127. The van der Waals surface area contributed by atoms with Gasteiger partial charge in [0.2, 0.25) is 11.9 Å². The fraction of sp³-hybridized carbons (Fsp3) is 0.318. The van der Waals surface area contributed by atoms with Crippen LogP contribution in [0.1, 0.15) is 30.5 Å². The van der Waals surface area contributed by atoms with Gasteiger partial charge < -0.3 is 26.0 Å². The van der Waals surface area contributed by atoms with Crippen LogP contribution in [0.2, 0.25) is 0 Å². The van der Waals surface area contributed by atoms with Gasteiger partial charge in [0.05, 0.1) is 24.2 Å². The highest BCUT2D eigenvalue weighted by Gasteiger charge is 2.19. The molecule has 3 heterocycles. The number of amides is 1. The maximum atomic E-state index is 11.7. The van der Waals surface area contributed by atoms with Gasteiger partial charge in [-0.1, -0.05) is 23.9 Å². The van der Waals surface area contributed by atoms with Gasteiger partial charge in [0.25, 0.3) is 0 Å². The largest absolute Gasteiger partial charge is 0.497 e. The lowest BCUT2D eigenvalue weighted by Crippen LogP contribution is -2.27. The zero-order valence-electron chi connectivity index (χ0n) is 17.4. The summed E-state index contributed by atoms with van der Waals surface area (Å²) in [6.45, 7) is 2.32. The standard InChI is InChI=1S/C22H26N6O2S/c1-30-16-6-2-5-15(13-16)18-14-31-21(26-18)20(23)17-8-10-25-22(27-17)24-9-4-12-28-11-3-7-19(28)29/h2,5-6,8,10,13-14,26H,3-4,7,9,11-12,23H2,1H3,(H,24,25,27)/b21-20+. The first-order valence-electron chi connectivity index (χ1n) is 10.3. The van der Waals surface area contributed by atoms with E-state index in [1.165, 1.54) is 11.8 Å². The van der Waals surface area contributed by atoms with Crippen LogP contribution < -0.4 is 21.1 Å². The first-order valence-corrected chi connectivity index (χ1v) is 11.1. The van der Waals surface area contributed by atoms with Crippen molar-refractivity contribution in [1.29, 1.82) is 0 Å². The van der Waals surface area contributed by atoms with E-state index in [2.05, 4.69) is 20.6 Å². The number of carbonyl (C=O) groups is 1. The van der Waals surface area contributed by atoms with Crippen LogP contribution in [-0.4, -0.2) is 47.5 Å². The maximum absolute atomic E-state index is 11.7. The lowest BCUT2D eigenvalue weighted by atomic mass is 10.1. The molecular formula is C22H26N6O2S. The molecule has 1 aromatic carbocycles. The minimum Gasteiger partial charge on any atom is -0.497 e. The SMILES string of the molecule is COc1cccc(C2=CS/C(=C(/N)c3ccnc(NCCCN4CCCC4=O)n3)N2)c1. The summed E-state index contributed by atoms with van der Waals surface area (Å²) in [6, 6.07) is 9.65. The highest BCUT2D eigenvalue weighted by Crippen LogP contribution is 2.34. The Hall–Kier alpha value is -3.20. The molecule has 0 saturated carbocycles. The average Bonchev–Trinajstić information content (AvgIpc) is 3.46. The van der Waals surface area contributed by atoms with Crippen molar-refractivity contribution >= 4 is 35.0 Å². The Balaban J connectivity index is 1.36. The summed E-state index contributed by atoms with van der Waals surface area (Å²) in [4.78, 5) is 22.4. The Kier molecular flexibility index (Phi) is 6.61. The van der Waals surface area contributed by atoms with Crippen LogP contribution in [0.25, 0.3) is 11.4 Å². The molecule has 2 aliphatic rings. The zero-order chi connectivity index (χ0) is 21.6. The fourth-order valence-corrected chi connectivity index (χ4v) is 4.31. The zero-order valence-corrected chi connectivity index (χ0v) is 18.2. The Morgan fingerprint density at radius 2 is 2.29 bits per heavy atom. The second-order valence-electron chi connectivity index (χ2n) is 7.28. The van der Waals surface area contributed by atoms with Crippen LogP contribution in [0.5, 0.6) is 5.75 Å². The Morgan fingerprint density at radius 3 is 3.10 bits per heavy atom. The number of aromatic nitrogens is 2. The summed E-state index contributed by atoms with van der Waals surface area (Å²) in [5.41, 5.74) is 9.60. The maximum Gasteiger partial charge on any atom is 0.223 e. The minimum atomic E-state index is 0.251. The van der Waals surface area contributed by atoms with Crippen molar-refractivity contribution in [1.82, 2.24) is 20.2 Å². The lowest BCUT2D eigenvalue weighted by Gasteiger charge is -2.15. The van der Waals surface area contributed by atoms with Gasteiger partial charge in [0.15, 0.2) is 0 Å². The number of carbonyl (C=O) groups excluding carboxylic acids is 1. The quantitative estimate of drug-likeness (QED) is 0.541. The highest BCUT2D eigenvalue weighted by molar-refractivity contribution is 8.06. The summed E-state index contributed by atoms with van der Waals surface area (Å²) >= 11 is 1.53. The number of anilines is 1. The van der Waals surface area contributed by atoms with Gasteiger partial charge in [-0.05, 0) is 31.0 Å². The van der Waals surface area contributed by atoms with Crippen LogP contribution >= 0.6 is 11.8 Å². The Labute approximate surface area is 186 Å². The molecule has 4 rings (SSSR count). The summed E-state index contributed by atoms with van der Waals surface area (Å²) in [7, 11) is 1.65. The van der Waals surface area contributed by atoms with Crippen LogP contribution in [0.3, 0.4) is 0 Å². The number of methoxy groups -OCH3 is 1. The van der Waals surface area contributed by atoms with E-state index in [0.29, 0.717) is 30.3 Å². The second kappa shape index (κ2) is 9.74. The van der Waals surface area contributed by atoms with Gasteiger partial charge >= 0.3 is 0 Å². The van der Waals surface area contributed by atoms with Crippen molar-refractivity contribution in [3.63, 3.8) is 0 Å². The fourth-order valence-electron chi connectivity index (χ4n) is 3.48. The number of benzene rings is 1. The monoisotopic (exact) mass is 438 g/mol. The number of nitrogens with two attached hydrogens (primary N) is 1. The molecule has 4 N–H and O–H groups in total.